The van der Waals surface area contributed by atoms with Gasteiger partial charge in [0.2, 0.25) is 0 Å². The molecule has 114 valence electrons. The average Bonchev–Trinajstić information content (AvgIpc) is 2.37. The Morgan fingerprint density at radius 3 is 2.40 bits per heavy atom. The molecule has 3 heteroatoms. The molecule has 0 saturated carbocycles. The molecule has 0 amide bonds. The van der Waals surface area contributed by atoms with Gasteiger partial charge in [-0.25, -0.2) is 0 Å². The number of rotatable bonds is 8. The lowest BCUT2D eigenvalue weighted by Gasteiger charge is -2.24. The maximum absolute atomic E-state index is 10.6. The minimum absolute atomic E-state index is 0.233. The molecular weight excluding hydrogens is 266 g/mol. The first-order chi connectivity index (χ1) is 9.41. The molecule has 0 aliphatic heterocycles. The predicted molar refractivity (Wildman–Crippen MR) is 89.3 cm³/mol. The molecule has 0 spiro atoms. The lowest BCUT2D eigenvalue weighted by atomic mass is 9.97. The van der Waals surface area contributed by atoms with Crippen molar-refractivity contribution in [1.29, 1.82) is 0 Å². The van der Waals surface area contributed by atoms with Crippen LogP contribution in [0.3, 0.4) is 0 Å². The third-order valence-corrected chi connectivity index (χ3v) is 4.51. The minimum atomic E-state index is -0.389. The van der Waals surface area contributed by atoms with Gasteiger partial charge in [0.1, 0.15) is 0 Å². The summed E-state index contributed by atoms with van der Waals surface area (Å²) >= 11 is 1.87. The van der Waals surface area contributed by atoms with E-state index in [0.717, 1.165) is 23.8 Å². The maximum atomic E-state index is 10.6. The molecule has 0 heterocycles. The summed E-state index contributed by atoms with van der Waals surface area (Å²) in [5.41, 5.74) is 1.08. The van der Waals surface area contributed by atoms with Crippen molar-refractivity contribution in [3.05, 3.63) is 29.8 Å². The van der Waals surface area contributed by atoms with Crippen LogP contribution < -0.4 is 0 Å². The van der Waals surface area contributed by atoms with Gasteiger partial charge in [-0.1, -0.05) is 39.0 Å². The summed E-state index contributed by atoms with van der Waals surface area (Å²) in [7, 11) is 4.10. The van der Waals surface area contributed by atoms with Crippen LogP contribution in [0.5, 0.6) is 0 Å². The largest absolute Gasteiger partial charge is 0.388 e. The molecule has 0 aliphatic rings. The second-order valence-corrected chi connectivity index (χ2v) is 7.39. The van der Waals surface area contributed by atoms with Gasteiger partial charge in [0.05, 0.1) is 6.10 Å². The first kappa shape index (κ1) is 17.5. The van der Waals surface area contributed by atoms with Crippen LogP contribution >= 0.6 is 11.8 Å². The van der Waals surface area contributed by atoms with E-state index in [1.165, 1.54) is 11.3 Å². The fourth-order valence-electron chi connectivity index (χ4n) is 2.24. The lowest BCUT2D eigenvalue weighted by Crippen LogP contribution is -2.24. The Balaban J connectivity index is 2.73. The van der Waals surface area contributed by atoms with Crippen LogP contribution in [0.25, 0.3) is 0 Å². The predicted octanol–water partition coefficient (Wildman–Crippen LogP) is 4.06. The van der Waals surface area contributed by atoms with E-state index in [2.05, 4.69) is 43.9 Å². The van der Waals surface area contributed by atoms with Gasteiger partial charge in [-0.05, 0) is 49.7 Å². The van der Waals surface area contributed by atoms with Gasteiger partial charge in [0.15, 0.2) is 0 Å². The standard InChI is InChI=1S/C17H29NOS/c1-13(2)10-11-20-16-9-7-6-8-15(16)17(19)14(3)12-18(4)5/h6-9,13-14,17,19H,10-12H2,1-5H3. The van der Waals surface area contributed by atoms with Crippen LogP contribution in [-0.4, -0.2) is 36.4 Å². The van der Waals surface area contributed by atoms with Crippen LogP contribution in [0.4, 0.5) is 0 Å². The quantitative estimate of drug-likeness (QED) is 0.732. The highest BCUT2D eigenvalue weighted by molar-refractivity contribution is 7.99. The van der Waals surface area contributed by atoms with Gasteiger partial charge < -0.3 is 10.0 Å². The minimum Gasteiger partial charge on any atom is -0.388 e. The zero-order valence-electron chi connectivity index (χ0n) is 13.5. The molecule has 1 aromatic carbocycles. The van der Waals surface area contributed by atoms with Gasteiger partial charge in [0.25, 0.3) is 0 Å². The van der Waals surface area contributed by atoms with E-state index in [0.29, 0.717) is 0 Å². The first-order valence-corrected chi connectivity index (χ1v) is 8.45. The van der Waals surface area contributed by atoms with Gasteiger partial charge in [-0.15, -0.1) is 11.8 Å². The molecular formula is C17H29NOS. The van der Waals surface area contributed by atoms with E-state index in [4.69, 9.17) is 0 Å². The Bertz CT molecular complexity index is 392. The van der Waals surface area contributed by atoms with Crippen LogP contribution in [-0.2, 0) is 0 Å². The highest BCUT2D eigenvalue weighted by atomic mass is 32.2. The second-order valence-electron chi connectivity index (χ2n) is 6.25. The second kappa shape index (κ2) is 8.71. The number of aliphatic hydroxyl groups excluding tert-OH is 1. The molecule has 0 aliphatic carbocycles. The molecule has 0 saturated heterocycles. The number of nitrogens with zero attached hydrogens (tertiary/aromatic N) is 1. The van der Waals surface area contributed by atoms with Crippen molar-refractivity contribution in [1.82, 2.24) is 4.90 Å². The third-order valence-electron chi connectivity index (χ3n) is 3.38. The fourth-order valence-corrected chi connectivity index (χ4v) is 3.58. The van der Waals surface area contributed by atoms with E-state index in [1.54, 1.807) is 0 Å². The number of aliphatic hydroxyl groups is 1. The van der Waals surface area contributed by atoms with Crippen molar-refractivity contribution in [2.24, 2.45) is 11.8 Å². The summed E-state index contributed by atoms with van der Waals surface area (Å²) in [4.78, 5) is 3.36. The Kier molecular flexibility index (Phi) is 7.63. The van der Waals surface area contributed by atoms with E-state index in [1.807, 2.05) is 31.9 Å². The van der Waals surface area contributed by atoms with Gasteiger partial charge in [-0.2, -0.15) is 0 Å². The molecule has 2 nitrogen and oxygen atoms in total. The Labute approximate surface area is 128 Å². The average molecular weight is 295 g/mol. The van der Waals surface area contributed by atoms with Crippen molar-refractivity contribution in [2.75, 3.05) is 26.4 Å². The summed E-state index contributed by atoms with van der Waals surface area (Å²) in [6.45, 7) is 7.51. The fraction of sp³-hybridized carbons (Fsp3) is 0.647. The van der Waals surface area contributed by atoms with E-state index in [9.17, 15) is 5.11 Å². The van der Waals surface area contributed by atoms with Crippen molar-refractivity contribution in [2.45, 2.75) is 38.2 Å². The molecule has 20 heavy (non-hydrogen) atoms. The highest BCUT2D eigenvalue weighted by Gasteiger charge is 2.19. The van der Waals surface area contributed by atoms with E-state index in [-0.39, 0.29) is 12.0 Å². The zero-order chi connectivity index (χ0) is 15.1. The summed E-state index contributed by atoms with van der Waals surface area (Å²) < 4.78 is 0. The smallest absolute Gasteiger partial charge is 0.0838 e. The summed E-state index contributed by atoms with van der Waals surface area (Å²) in [5.74, 6) is 2.08. The Morgan fingerprint density at radius 1 is 1.15 bits per heavy atom. The monoisotopic (exact) mass is 295 g/mol. The van der Waals surface area contributed by atoms with Crippen LogP contribution in [0.2, 0.25) is 0 Å². The van der Waals surface area contributed by atoms with E-state index < -0.39 is 0 Å². The van der Waals surface area contributed by atoms with Gasteiger partial charge in [-0.3, -0.25) is 0 Å². The number of benzene rings is 1. The molecule has 0 aromatic heterocycles. The van der Waals surface area contributed by atoms with Gasteiger partial charge in [0, 0.05) is 11.4 Å². The van der Waals surface area contributed by atoms with Crippen LogP contribution in [0.15, 0.2) is 29.2 Å². The molecule has 1 aromatic rings. The molecule has 0 radical (unpaired) electrons. The number of hydrogen-bond donors (Lipinski definition) is 1. The molecule has 0 bridgehead atoms. The molecule has 1 rings (SSSR count). The van der Waals surface area contributed by atoms with Crippen molar-refractivity contribution in [3.63, 3.8) is 0 Å². The number of hydrogen-bond acceptors (Lipinski definition) is 3. The van der Waals surface area contributed by atoms with Crippen LogP contribution in [0.1, 0.15) is 38.9 Å². The molecule has 1 N–H and O–H groups in total. The Morgan fingerprint density at radius 2 is 1.80 bits per heavy atom. The third kappa shape index (κ3) is 5.86. The first-order valence-electron chi connectivity index (χ1n) is 7.46. The summed E-state index contributed by atoms with van der Waals surface area (Å²) in [6, 6.07) is 8.28. The maximum Gasteiger partial charge on any atom is 0.0838 e. The summed E-state index contributed by atoms with van der Waals surface area (Å²) in [6.07, 6.45) is 0.822. The molecule has 2 atom stereocenters. The summed E-state index contributed by atoms with van der Waals surface area (Å²) in [5, 5.41) is 10.6. The molecule has 0 fully saturated rings. The number of thioether (sulfide) groups is 1. The van der Waals surface area contributed by atoms with Crippen molar-refractivity contribution >= 4 is 11.8 Å². The topological polar surface area (TPSA) is 23.5 Å². The van der Waals surface area contributed by atoms with Crippen molar-refractivity contribution in [3.8, 4) is 0 Å². The molecule has 2 unspecified atom stereocenters. The SMILES string of the molecule is CC(C)CCSc1ccccc1C(O)C(C)CN(C)C. The highest BCUT2D eigenvalue weighted by Crippen LogP contribution is 2.32. The van der Waals surface area contributed by atoms with Gasteiger partial charge >= 0.3 is 0 Å². The van der Waals surface area contributed by atoms with E-state index >= 15 is 0 Å². The Hall–Kier alpha value is -0.510. The zero-order valence-corrected chi connectivity index (χ0v) is 14.3. The van der Waals surface area contributed by atoms with Crippen molar-refractivity contribution < 1.29 is 5.11 Å². The normalized spacial score (nSPS) is 14.8. The lowest BCUT2D eigenvalue weighted by molar-refractivity contribution is 0.0980. The van der Waals surface area contributed by atoms with Crippen LogP contribution in [0, 0.1) is 11.8 Å².